The number of benzene rings is 2. The molecule has 0 bridgehead atoms. The molecule has 3 nitrogen and oxygen atoms in total. The van der Waals surface area contributed by atoms with Gasteiger partial charge in [-0.1, -0.05) is 57.2 Å². The van der Waals surface area contributed by atoms with Crippen molar-refractivity contribution in [2.75, 3.05) is 0 Å². The van der Waals surface area contributed by atoms with E-state index in [2.05, 4.69) is 63.3 Å². The third-order valence-electron chi connectivity index (χ3n) is 8.73. The molecule has 0 fully saturated rings. The molecule has 177 valence electrons. The lowest BCUT2D eigenvalue weighted by Gasteiger charge is -2.39. The van der Waals surface area contributed by atoms with Crippen molar-refractivity contribution in [3.63, 3.8) is 0 Å². The van der Waals surface area contributed by atoms with Crippen LogP contribution in [0.5, 0.6) is 0 Å². The summed E-state index contributed by atoms with van der Waals surface area (Å²) in [6.45, 7) is 14.4. The first kappa shape index (κ1) is 23.4. The Kier molecular flexibility index (Phi) is 5.42. The first-order valence-electron chi connectivity index (χ1n) is 12.7. The van der Waals surface area contributed by atoms with Crippen molar-refractivity contribution in [3.8, 4) is 0 Å². The van der Waals surface area contributed by atoms with Gasteiger partial charge in [-0.15, -0.1) is 0 Å². The number of fused-ring (bicyclic) bond motifs is 7. The molecule has 1 heterocycles. The highest BCUT2D eigenvalue weighted by Crippen LogP contribution is 2.59. The van der Waals surface area contributed by atoms with Crippen LogP contribution >= 0.6 is 0 Å². The summed E-state index contributed by atoms with van der Waals surface area (Å²) in [5.41, 5.74) is 5.79. The lowest BCUT2D eigenvalue weighted by Crippen LogP contribution is -2.48. The number of para-hydroxylation sites is 1. The summed E-state index contributed by atoms with van der Waals surface area (Å²) in [6, 6.07) is 12.8. The summed E-state index contributed by atoms with van der Waals surface area (Å²) in [4.78, 5) is 0. The van der Waals surface area contributed by atoms with E-state index in [0.717, 1.165) is 24.0 Å². The lowest BCUT2D eigenvalue weighted by atomic mass is 9.63. The predicted octanol–water partition coefficient (Wildman–Crippen LogP) is 7.59. The molecule has 0 spiro atoms. The van der Waals surface area contributed by atoms with Crippen LogP contribution in [0.25, 0.3) is 27.5 Å². The Bertz CT molecular complexity index is 1310. The molecule has 2 aromatic carbocycles. The summed E-state index contributed by atoms with van der Waals surface area (Å²) in [5, 5.41) is 13.0. The number of rotatable bonds is 6. The van der Waals surface area contributed by atoms with Gasteiger partial charge in [-0.05, 0) is 86.7 Å². The molecule has 0 saturated heterocycles. The van der Waals surface area contributed by atoms with Gasteiger partial charge < -0.3 is 14.2 Å². The molecule has 1 aromatic heterocycles. The Morgan fingerprint density at radius 2 is 1.71 bits per heavy atom. The van der Waals surface area contributed by atoms with Crippen LogP contribution in [-0.4, -0.2) is 23.8 Å². The number of hydrogen-bond acceptors (Lipinski definition) is 3. The van der Waals surface area contributed by atoms with Crippen LogP contribution in [-0.2, 0) is 10.1 Å². The van der Waals surface area contributed by atoms with Crippen LogP contribution in [0.3, 0.4) is 0 Å². The van der Waals surface area contributed by atoms with Crippen molar-refractivity contribution in [2.24, 2.45) is 5.92 Å². The Morgan fingerprint density at radius 1 is 1.00 bits per heavy atom. The van der Waals surface area contributed by atoms with Gasteiger partial charge in [-0.2, -0.15) is 0 Å². The van der Waals surface area contributed by atoms with Gasteiger partial charge in [-0.25, -0.2) is 0 Å². The van der Waals surface area contributed by atoms with Crippen LogP contribution in [0, 0.1) is 5.92 Å². The number of hydrogen-bond donors (Lipinski definition) is 1. The van der Waals surface area contributed by atoms with Crippen LogP contribution < -0.4 is 0 Å². The highest BCUT2D eigenvalue weighted by molar-refractivity contribution is 6.31. The second-order valence-electron chi connectivity index (χ2n) is 11.2. The minimum absolute atomic E-state index is 0.0221. The third kappa shape index (κ3) is 3.26. The van der Waals surface area contributed by atoms with E-state index in [0.29, 0.717) is 0 Å². The molecular formula is C30H36BO3. The largest absolute Gasteiger partial charge is 0.456 e. The minimum Gasteiger partial charge on any atom is -0.456 e. The van der Waals surface area contributed by atoms with Gasteiger partial charge in [0, 0.05) is 16.2 Å². The molecule has 1 radical (unpaired) electrons. The van der Waals surface area contributed by atoms with Crippen molar-refractivity contribution < 1.29 is 14.2 Å². The molecule has 0 aliphatic heterocycles. The van der Waals surface area contributed by atoms with E-state index in [1.165, 1.54) is 33.0 Å². The summed E-state index contributed by atoms with van der Waals surface area (Å²) in [7, 11) is 1.95. The SMILES string of the molecule is CCC1(CC)C2=CC([B]OC(C)(C)C(C)(C)O)C(C)C=C2c2c1ccc1oc3ccccc3c21. The number of aliphatic hydroxyl groups is 1. The summed E-state index contributed by atoms with van der Waals surface area (Å²) in [5.74, 6) is 0.422. The molecule has 5 rings (SSSR count). The van der Waals surface area contributed by atoms with Crippen LogP contribution in [0.2, 0.25) is 5.82 Å². The zero-order chi connectivity index (χ0) is 24.5. The lowest BCUT2D eigenvalue weighted by molar-refractivity contribution is -0.0909. The highest BCUT2D eigenvalue weighted by atomic mass is 16.5. The summed E-state index contributed by atoms with van der Waals surface area (Å²) in [6.07, 6.45) is 6.95. The second kappa shape index (κ2) is 7.86. The quantitative estimate of drug-likeness (QED) is 0.390. The van der Waals surface area contributed by atoms with Gasteiger partial charge in [-0.3, -0.25) is 0 Å². The topological polar surface area (TPSA) is 42.6 Å². The average Bonchev–Trinajstić information content (AvgIpc) is 3.29. The van der Waals surface area contributed by atoms with E-state index in [9.17, 15) is 5.11 Å². The second-order valence-corrected chi connectivity index (χ2v) is 11.2. The first-order chi connectivity index (χ1) is 16.0. The van der Waals surface area contributed by atoms with Crippen molar-refractivity contribution in [3.05, 3.63) is 65.3 Å². The number of allylic oxidation sites excluding steroid dienone is 4. The average molecular weight is 455 g/mol. The van der Waals surface area contributed by atoms with Gasteiger partial charge in [0.2, 0.25) is 0 Å². The van der Waals surface area contributed by atoms with E-state index in [1.807, 2.05) is 27.4 Å². The van der Waals surface area contributed by atoms with E-state index < -0.39 is 11.2 Å². The fourth-order valence-corrected chi connectivity index (χ4v) is 5.74. The molecule has 2 aliphatic rings. The Hall–Kier alpha value is -2.30. The molecule has 2 unspecified atom stereocenters. The fourth-order valence-electron chi connectivity index (χ4n) is 5.74. The molecule has 0 amide bonds. The predicted molar refractivity (Wildman–Crippen MR) is 142 cm³/mol. The maximum absolute atomic E-state index is 10.6. The Balaban J connectivity index is 1.65. The van der Waals surface area contributed by atoms with Crippen LogP contribution in [0.4, 0.5) is 0 Å². The molecule has 2 aliphatic carbocycles. The molecular weight excluding hydrogens is 419 g/mol. The van der Waals surface area contributed by atoms with Gasteiger partial charge in [0.25, 0.3) is 0 Å². The first-order valence-corrected chi connectivity index (χ1v) is 12.7. The van der Waals surface area contributed by atoms with Gasteiger partial charge in [0.15, 0.2) is 0 Å². The Morgan fingerprint density at radius 3 is 2.38 bits per heavy atom. The minimum atomic E-state index is -0.941. The summed E-state index contributed by atoms with van der Waals surface area (Å²) < 4.78 is 12.5. The highest BCUT2D eigenvalue weighted by Gasteiger charge is 2.47. The van der Waals surface area contributed by atoms with Crippen LogP contribution in [0.1, 0.15) is 72.4 Å². The van der Waals surface area contributed by atoms with E-state index in [1.54, 1.807) is 13.8 Å². The zero-order valence-corrected chi connectivity index (χ0v) is 21.5. The van der Waals surface area contributed by atoms with Crippen molar-refractivity contribution >= 4 is 35.0 Å². The maximum atomic E-state index is 10.6. The fraction of sp³-hybridized carbons (Fsp3) is 0.467. The van der Waals surface area contributed by atoms with E-state index in [-0.39, 0.29) is 17.2 Å². The molecule has 1 N–H and O–H groups in total. The van der Waals surface area contributed by atoms with E-state index in [4.69, 9.17) is 9.07 Å². The van der Waals surface area contributed by atoms with Gasteiger partial charge >= 0.3 is 7.48 Å². The third-order valence-corrected chi connectivity index (χ3v) is 8.73. The molecule has 34 heavy (non-hydrogen) atoms. The maximum Gasteiger partial charge on any atom is 0.301 e. The van der Waals surface area contributed by atoms with Crippen molar-refractivity contribution in [1.82, 2.24) is 0 Å². The Labute approximate surface area is 204 Å². The standard InChI is InChI=1S/C30H36BO3/c1-8-30(9-2)21-14-15-25-27(19-12-10-11-13-24(19)33-25)26(21)20-16-18(3)23(17-22(20)30)31-34-29(6,7)28(4,5)32/h10-18,23,32H,8-9H2,1-7H3. The van der Waals surface area contributed by atoms with Crippen LogP contribution in [0.15, 0.2) is 58.5 Å². The normalized spacial score (nSPS) is 21.9. The zero-order valence-electron chi connectivity index (χ0n) is 21.5. The molecule has 0 saturated carbocycles. The number of furan rings is 1. The smallest absolute Gasteiger partial charge is 0.301 e. The van der Waals surface area contributed by atoms with Gasteiger partial charge in [0.05, 0.1) is 11.2 Å². The van der Waals surface area contributed by atoms with E-state index >= 15 is 0 Å². The monoisotopic (exact) mass is 455 g/mol. The van der Waals surface area contributed by atoms with Gasteiger partial charge in [0.1, 0.15) is 11.2 Å². The molecule has 4 heteroatoms. The molecule has 2 atom stereocenters. The van der Waals surface area contributed by atoms with Crippen molar-refractivity contribution in [1.29, 1.82) is 0 Å². The summed E-state index contributed by atoms with van der Waals surface area (Å²) >= 11 is 0. The molecule has 3 aromatic rings. The van der Waals surface area contributed by atoms with Crippen molar-refractivity contribution in [2.45, 2.75) is 83.7 Å².